The highest BCUT2D eigenvalue weighted by molar-refractivity contribution is 7.89. The standard InChI is InChI=1S/C18H25NO4S/c1-13-8-17(18(20)21)12-19(11-13)24(22,23)7-6-14-9-15-4-2-3-5-16(15)10-14/h2-5,13-14,17H,6-12H2,1H3,(H,20,21). The molecule has 24 heavy (non-hydrogen) atoms. The number of aliphatic carboxylic acids is 1. The van der Waals surface area contributed by atoms with Gasteiger partial charge in [0.15, 0.2) is 0 Å². The molecule has 132 valence electrons. The number of carboxylic acids is 1. The molecule has 1 heterocycles. The van der Waals surface area contributed by atoms with Crippen molar-refractivity contribution in [1.82, 2.24) is 4.31 Å². The summed E-state index contributed by atoms with van der Waals surface area (Å²) in [4.78, 5) is 11.2. The fraction of sp³-hybridized carbons (Fsp3) is 0.611. The van der Waals surface area contributed by atoms with Crippen LogP contribution in [0.25, 0.3) is 0 Å². The molecule has 1 aliphatic carbocycles. The molecule has 2 atom stereocenters. The maximum Gasteiger partial charge on any atom is 0.307 e. The number of sulfonamides is 1. The summed E-state index contributed by atoms with van der Waals surface area (Å²) in [6.45, 7) is 2.48. The topological polar surface area (TPSA) is 74.7 Å². The van der Waals surface area contributed by atoms with Gasteiger partial charge >= 0.3 is 5.97 Å². The van der Waals surface area contributed by atoms with Crippen molar-refractivity contribution in [2.75, 3.05) is 18.8 Å². The summed E-state index contributed by atoms with van der Waals surface area (Å²) in [6.07, 6.45) is 3.08. The van der Waals surface area contributed by atoms with E-state index < -0.39 is 21.9 Å². The van der Waals surface area contributed by atoms with Gasteiger partial charge in [-0.1, -0.05) is 31.2 Å². The van der Waals surface area contributed by atoms with Gasteiger partial charge in [-0.3, -0.25) is 4.79 Å². The Hall–Kier alpha value is -1.40. The van der Waals surface area contributed by atoms with Gasteiger partial charge in [-0.2, -0.15) is 0 Å². The summed E-state index contributed by atoms with van der Waals surface area (Å²) in [7, 11) is -3.39. The highest BCUT2D eigenvalue weighted by Crippen LogP contribution is 2.30. The number of nitrogens with zero attached hydrogens (tertiary/aromatic N) is 1. The van der Waals surface area contributed by atoms with Crippen LogP contribution in [0.3, 0.4) is 0 Å². The molecule has 2 aliphatic rings. The fourth-order valence-corrected chi connectivity index (χ4v) is 5.79. The quantitative estimate of drug-likeness (QED) is 0.882. The van der Waals surface area contributed by atoms with Crippen LogP contribution in [0.1, 0.15) is 30.9 Å². The van der Waals surface area contributed by atoms with Gasteiger partial charge in [0.25, 0.3) is 0 Å². The fourth-order valence-electron chi connectivity index (χ4n) is 4.01. The highest BCUT2D eigenvalue weighted by atomic mass is 32.2. The Morgan fingerprint density at radius 2 is 1.83 bits per heavy atom. The van der Waals surface area contributed by atoms with E-state index in [-0.39, 0.29) is 18.2 Å². The summed E-state index contributed by atoms with van der Waals surface area (Å²) in [5.41, 5.74) is 2.66. The first kappa shape index (κ1) is 17.4. The van der Waals surface area contributed by atoms with Crippen LogP contribution in [0.5, 0.6) is 0 Å². The van der Waals surface area contributed by atoms with Crippen molar-refractivity contribution < 1.29 is 18.3 Å². The Bertz CT molecular complexity index is 690. The molecule has 0 aromatic heterocycles. The van der Waals surface area contributed by atoms with E-state index in [1.54, 1.807) is 0 Å². The zero-order chi connectivity index (χ0) is 17.3. The first-order valence-electron chi connectivity index (χ1n) is 8.62. The Balaban J connectivity index is 1.59. The van der Waals surface area contributed by atoms with Crippen molar-refractivity contribution in [2.24, 2.45) is 17.8 Å². The second-order valence-corrected chi connectivity index (χ2v) is 9.43. The molecule has 1 saturated heterocycles. The molecule has 1 N–H and O–H groups in total. The molecular formula is C18H25NO4S. The minimum atomic E-state index is -3.39. The number of rotatable bonds is 5. The van der Waals surface area contributed by atoms with E-state index in [0.29, 0.717) is 25.3 Å². The third-order valence-corrected chi connectivity index (χ3v) is 7.13. The maximum atomic E-state index is 12.7. The van der Waals surface area contributed by atoms with E-state index in [0.717, 1.165) is 12.8 Å². The SMILES string of the molecule is CC1CC(C(=O)O)CN(S(=O)(=O)CCC2Cc3ccccc3C2)C1. The minimum absolute atomic E-state index is 0.0883. The van der Waals surface area contributed by atoms with Crippen molar-refractivity contribution in [3.63, 3.8) is 0 Å². The van der Waals surface area contributed by atoms with Crippen molar-refractivity contribution >= 4 is 16.0 Å². The smallest absolute Gasteiger partial charge is 0.307 e. The van der Waals surface area contributed by atoms with Crippen LogP contribution in [-0.4, -0.2) is 42.6 Å². The van der Waals surface area contributed by atoms with Gasteiger partial charge in [0.05, 0.1) is 11.7 Å². The molecule has 1 aromatic rings. The second kappa shape index (κ2) is 6.84. The lowest BCUT2D eigenvalue weighted by Crippen LogP contribution is -2.46. The highest BCUT2D eigenvalue weighted by Gasteiger charge is 2.35. The second-order valence-electron chi connectivity index (χ2n) is 7.34. The minimum Gasteiger partial charge on any atom is -0.481 e. The number of hydrogen-bond donors (Lipinski definition) is 1. The lowest BCUT2D eigenvalue weighted by Gasteiger charge is -2.34. The molecule has 1 aliphatic heterocycles. The monoisotopic (exact) mass is 351 g/mol. The average molecular weight is 351 g/mol. The molecule has 0 radical (unpaired) electrons. The number of piperidine rings is 1. The normalized spacial score (nSPS) is 25.5. The van der Waals surface area contributed by atoms with Crippen molar-refractivity contribution in [2.45, 2.75) is 32.6 Å². The summed E-state index contributed by atoms with van der Waals surface area (Å²) < 4.78 is 26.7. The van der Waals surface area contributed by atoms with E-state index >= 15 is 0 Å². The van der Waals surface area contributed by atoms with E-state index in [1.807, 2.05) is 19.1 Å². The van der Waals surface area contributed by atoms with E-state index in [1.165, 1.54) is 15.4 Å². The Morgan fingerprint density at radius 3 is 2.42 bits per heavy atom. The van der Waals surface area contributed by atoms with Crippen molar-refractivity contribution in [3.05, 3.63) is 35.4 Å². The molecule has 6 heteroatoms. The van der Waals surface area contributed by atoms with E-state index in [9.17, 15) is 18.3 Å². The third-order valence-electron chi connectivity index (χ3n) is 5.29. The summed E-state index contributed by atoms with van der Waals surface area (Å²) in [6, 6.07) is 8.29. The Labute approximate surface area is 143 Å². The molecule has 1 fully saturated rings. The molecule has 0 spiro atoms. The van der Waals surface area contributed by atoms with Crippen LogP contribution < -0.4 is 0 Å². The molecule has 3 rings (SSSR count). The number of fused-ring (bicyclic) bond motifs is 1. The summed E-state index contributed by atoms with van der Waals surface area (Å²) in [5, 5.41) is 9.22. The molecular weight excluding hydrogens is 326 g/mol. The number of carboxylic acid groups (broad SMARTS) is 1. The van der Waals surface area contributed by atoms with Crippen LogP contribution in [0, 0.1) is 17.8 Å². The van der Waals surface area contributed by atoms with Crippen LogP contribution in [0.2, 0.25) is 0 Å². The van der Waals surface area contributed by atoms with Gasteiger partial charge in [-0.05, 0) is 48.6 Å². The zero-order valence-electron chi connectivity index (χ0n) is 14.0. The van der Waals surface area contributed by atoms with Gasteiger partial charge in [0.2, 0.25) is 10.0 Å². The van der Waals surface area contributed by atoms with Gasteiger partial charge in [0, 0.05) is 13.1 Å². The van der Waals surface area contributed by atoms with Crippen LogP contribution >= 0.6 is 0 Å². The summed E-state index contributed by atoms with van der Waals surface area (Å²) >= 11 is 0. The lowest BCUT2D eigenvalue weighted by molar-refractivity contribution is -0.143. The predicted molar refractivity (Wildman–Crippen MR) is 92.2 cm³/mol. The van der Waals surface area contributed by atoms with Gasteiger partial charge < -0.3 is 5.11 Å². The summed E-state index contributed by atoms with van der Waals surface area (Å²) in [5.74, 6) is -0.905. The van der Waals surface area contributed by atoms with Gasteiger partial charge in [-0.25, -0.2) is 12.7 Å². The number of carbonyl (C=O) groups is 1. The Morgan fingerprint density at radius 1 is 1.21 bits per heavy atom. The molecule has 0 bridgehead atoms. The van der Waals surface area contributed by atoms with Gasteiger partial charge in [0.1, 0.15) is 0 Å². The maximum absolute atomic E-state index is 12.7. The van der Waals surface area contributed by atoms with E-state index in [4.69, 9.17) is 0 Å². The molecule has 5 nitrogen and oxygen atoms in total. The Kier molecular flexibility index (Phi) is 4.97. The molecule has 0 amide bonds. The first-order valence-corrected chi connectivity index (χ1v) is 10.2. The third kappa shape index (κ3) is 3.81. The molecule has 0 saturated carbocycles. The number of benzene rings is 1. The first-order chi connectivity index (χ1) is 11.3. The largest absolute Gasteiger partial charge is 0.481 e. The van der Waals surface area contributed by atoms with Crippen LogP contribution in [0.4, 0.5) is 0 Å². The predicted octanol–water partition coefficient (Wildman–Crippen LogP) is 2.16. The van der Waals surface area contributed by atoms with Gasteiger partial charge in [-0.15, -0.1) is 0 Å². The van der Waals surface area contributed by atoms with Crippen LogP contribution in [0.15, 0.2) is 24.3 Å². The molecule has 2 unspecified atom stereocenters. The lowest BCUT2D eigenvalue weighted by atomic mass is 9.92. The number of hydrogen-bond acceptors (Lipinski definition) is 3. The van der Waals surface area contributed by atoms with E-state index in [2.05, 4.69) is 12.1 Å². The van der Waals surface area contributed by atoms with Crippen LogP contribution in [-0.2, 0) is 27.7 Å². The average Bonchev–Trinajstić information content (AvgIpc) is 2.95. The van der Waals surface area contributed by atoms with Crippen molar-refractivity contribution in [1.29, 1.82) is 0 Å². The van der Waals surface area contributed by atoms with Crippen molar-refractivity contribution in [3.8, 4) is 0 Å². The zero-order valence-corrected chi connectivity index (χ0v) is 14.8. The molecule has 1 aromatic carbocycles.